The molecule has 1 amide bonds. The van der Waals surface area contributed by atoms with Gasteiger partial charge in [0.25, 0.3) is 0 Å². The maximum absolute atomic E-state index is 11.3. The second-order valence-electron chi connectivity index (χ2n) is 3.23. The van der Waals surface area contributed by atoms with Crippen molar-refractivity contribution in [2.75, 3.05) is 6.61 Å². The van der Waals surface area contributed by atoms with Crippen LogP contribution in [0.25, 0.3) is 0 Å². The van der Waals surface area contributed by atoms with Crippen LogP contribution in [0, 0.1) is 0 Å². The standard InChI is InChI=1S/C12H15NO3/c1-2-11(8-14)13-12(15)16-9-10-6-4-3-5-7-10/h2-7,11,14H,1,8-9H2,(H,13,15)/t11-/m0/s1. The van der Waals surface area contributed by atoms with Gasteiger partial charge in [0.2, 0.25) is 0 Å². The molecule has 0 unspecified atom stereocenters. The maximum Gasteiger partial charge on any atom is 0.408 e. The molecule has 0 saturated heterocycles. The van der Waals surface area contributed by atoms with E-state index in [9.17, 15) is 4.79 Å². The van der Waals surface area contributed by atoms with Gasteiger partial charge >= 0.3 is 6.09 Å². The van der Waals surface area contributed by atoms with Crippen LogP contribution in [-0.2, 0) is 11.3 Å². The Kier molecular flexibility index (Phi) is 5.08. The van der Waals surface area contributed by atoms with Gasteiger partial charge < -0.3 is 15.2 Å². The molecule has 0 spiro atoms. The molecule has 1 rings (SSSR count). The van der Waals surface area contributed by atoms with Crippen LogP contribution in [0.4, 0.5) is 4.79 Å². The van der Waals surface area contributed by atoms with E-state index in [4.69, 9.17) is 9.84 Å². The quantitative estimate of drug-likeness (QED) is 0.740. The molecule has 1 aromatic rings. The lowest BCUT2D eigenvalue weighted by molar-refractivity contribution is 0.133. The molecular weight excluding hydrogens is 206 g/mol. The van der Waals surface area contributed by atoms with Crippen LogP contribution in [0.3, 0.4) is 0 Å². The Bertz CT molecular complexity index is 337. The van der Waals surface area contributed by atoms with E-state index >= 15 is 0 Å². The van der Waals surface area contributed by atoms with E-state index in [0.29, 0.717) is 0 Å². The average molecular weight is 221 g/mol. The van der Waals surface area contributed by atoms with Crippen LogP contribution in [0.2, 0.25) is 0 Å². The Morgan fingerprint density at radius 3 is 2.75 bits per heavy atom. The summed E-state index contributed by atoms with van der Waals surface area (Å²) in [6.07, 6.45) is 0.881. The lowest BCUT2D eigenvalue weighted by Crippen LogP contribution is -2.36. The SMILES string of the molecule is C=C[C@@H](CO)NC(=O)OCc1ccccc1. The summed E-state index contributed by atoms with van der Waals surface area (Å²) in [4.78, 5) is 11.3. The fourth-order valence-electron chi connectivity index (χ4n) is 1.10. The summed E-state index contributed by atoms with van der Waals surface area (Å²) in [6, 6.07) is 8.90. The third-order valence-electron chi connectivity index (χ3n) is 2.00. The van der Waals surface area contributed by atoms with Gasteiger partial charge in [-0.1, -0.05) is 36.4 Å². The summed E-state index contributed by atoms with van der Waals surface area (Å²) in [7, 11) is 0. The molecular formula is C12H15NO3. The van der Waals surface area contributed by atoms with E-state index in [2.05, 4.69) is 11.9 Å². The number of ether oxygens (including phenoxy) is 1. The van der Waals surface area contributed by atoms with E-state index in [-0.39, 0.29) is 13.2 Å². The van der Waals surface area contributed by atoms with Crippen molar-refractivity contribution >= 4 is 6.09 Å². The Morgan fingerprint density at radius 2 is 2.19 bits per heavy atom. The van der Waals surface area contributed by atoms with Gasteiger partial charge in [-0.15, -0.1) is 6.58 Å². The average Bonchev–Trinajstić information content (AvgIpc) is 2.34. The number of benzene rings is 1. The Hall–Kier alpha value is -1.81. The second kappa shape index (κ2) is 6.63. The fraction of sp³-hybridized carbons (Fsp3) is 0.250. The van der Waals surface area contributed by atoms with Crippen LogP contribution in [0.15, 0.2) is 43.0 Å². The van der Waals surface area contributed by atoms with E-state index in [1.807, 2.05) is 30.3 Å². The topological polar surface area (TPSA) is 58.6 Å². The number of carbonyl (C=O) groups is 1. The normalized spacial score (nSPS) is 11.6. The third kappa shape index (κ3) is 4.14. The summed E-state index contributed by atoms with van der Waals surface area (Å²) >= 11 is 0. The first-order chi connectivity index (χ1) is 7.76. The second-order valence-corrected chi connectivity index (χ2v) is 3.23. The third-order valence-corrected chi connectivity index (χ3v) is 2.00. The van der Waals surface area contributed by atoms with Gasteiger partial charge in [-0.3, -0.25) is 0 Å². The van der Waals surface area contributed by atoms with Crippen LogP contribution >= 0.6 is 0 Å². The highest BCUT2D eigenvalue weighted by Crippen LogP contribution is 2.00. The summed E-state index contributed by atoms with van der Waals surface area (Å²) < 4.78 is 4.95. The van der Waals surface area contributed by atoms with Gasteiger partial charge in [-0.05, 0) is 5.56 Å². The molecule has 0 bridgehead atoms. The van der Waals surface area contributed by atoms with Crippen molar-refractivity contribution in [3.63, 3.8) is 0 Å². The number of alkyl carbamates (subject to hydrolysis) is 1. The molecule has 0 aromatic heterocycles. The number of nitrogens with one attached hydrogen (secondary N) is 1. The molecule has 2 N–H and O–H groups in total. The zero-order chi connectivity index (χ0) is 11.8. The monoisotopic (exact) mass is 221 g/mol. The molecule has 1 aromatic carbocycles. The number of carbonyl (C=O) groups excluding carboxylic acids is 1. The van der Waals surface area contributed by atoms with Gasteiger partial charge in [-0.25, -0.2) is 4.79 Å². The van der Waals surface area contributed by atoms with Crippen LogP contribution in [0.5, 0.6) is 0 Å². The summed E-state index contributed by atoms with van der Waals surface area (Å²) in [6.45, 7) is 3.49. The minimum Gasteiger partial charge on any atom is -0.445 e. The number of rotatable bonds is 5. The number of hydrogen-bond acceptors (Lipinski definition) is 3. The largest absolute Gasteiger partial charge is 0.445 e. The van der Waals surface area contributed by atoms with Crippen LogP contribution < -0.4 is 5.32 Å². The van der Waals surface area contributed by atoms with E-state index < -0.39 is 12.1 Å². The summed E-state index contributed by atoms with van der Waals surface area (Å²) in [5.74, 6) is 0. The molecule has 0 heterocycles. The lowest BCUT2D eigenvalue weighted by Gasteiger charge is -2.11. The van der Waals surface area contributed by atoms with Gasteiger partial charge in [0.05, 0.1) is 12.6 Å². The highest BCUT2D eigenvalue weighted by molar-refractivity contribution is 5.67. The molecule has 0 aliphatic heterocycles. The predicted molar refractivity (Wildman–Crippen MR) is 60.8 cm³/mol. The molecule has 0 aliphatic carbocycles. The van der Waals surface area contributed by atoms with E-state index in [1.54, 1.807) is 0 Å². The Morgan fingerprint density at radius 1 is 1.50 bits per heavy atom. The highest BCUT2D eigenvalue weighted by Gasteiger charge is 2.08. The van der Waals surface area contributed by atoms with E-state index in [1.165, 1.54) is 6.08 Å². The van der Waals surface area contributed by atoms with Crippen molar-refractivity contribution in [1.82, 2.24) is 5.32 Å². The molecule has 86 valence electrons. The number of hydrogen-bond donors (Lipinski definition) is 2. The van der Waals surface area contributed by atoms with Gasteiger partial charge in [0.1, 0.15) is 6.61 Å². The number of aliphatic hydroxyl groups is 1. The minimum atomic E-state index is -0.567. The molecule has 0 fully saturated rings. The highest BCUT2D eigenvalue weighted by atomic mass is 16.5. The Balaban J connectivity index is 2.33. The van der Waals surface area contributed by atoms with Crippen molar-refractivity contribution < 1.29 is 14.6 Å². The minimum absolute atomic E-state index is 0.191. The predicted octanol–water partition coefficient (Wildman–Crippen LogP) is 1.46. The molecule has 0 saturated carbocycles. The van der Waals surface area contributed by atoms with Crippen molar-refractivity contribution in [2.45, 2.75) is 12.6 Å². The van der Waals surface area contributed by atoms with Gasteiger partial charge in [-0.2, -0.15) is 0 Å². The molecule has 0 aliphatic rings. The molecule has 4 heteroatoms. The summed E-state index contributed by atoms with van der Waals surface area (Å²) in [5, 5.41) is 11.3. The summed E-state index contributed by atoms with van der Waals surface area (Å²) in [5.41, 5.74) is 0.914. The number of aliphatic hydroxyl groups excluding tert-OH is 1. The molecule has 0 radical (unpaired) electrons. The zero-order valence-corrected chi connectivity index (χ0v) is 8.93. The smallest absolute Gasteiger partial charge is 0.408 e. The first kappa shape index (κ1) is 12.3. The Labute approximate surface area is 94.6 Å². The molecule has 16 heavy (non-hydrogen) atoms. The zero-order valence-electron chi connectivity index (χ0n) is 8.93. The fourth-order valence-corrected chi connectivity index (χ4v) is 1.10. The van der Waals surface area contributed by atoms with E-state index in [0.717, 1.165) is 5.56 Å². The van der Waals surface area contributed by atoms with Crippen LogP contribution in [0.1, 0.15) is 5.56 Å². The van der Waals surface area contributed by atoms with Gasteiger partial charge in [0.15, 0.2) is 0 Å². The lowest BCUT2D eigenvalue weighted by atomic mass is 10.2. The molecule has 1 atom stereocenters. The van der Waals surface area contributed by atoms with Crippen molar-refractivity contribution in [3.8, 4) is 0 Å². The first-order valence-electron chi connectivity index (χ1n) is 4.97. The molecule has 4 nitrogen and oxygen atoms in total. The van der Waals surface area contributed by atoms with Crippen LogP contribution in [-0.4, -0.2) is 23.8 Å². The first-order valence-corrected chi connectivity index (χ1v) is 4.97. The van der Waals surface area contributed by atoms with Crippen molar-refractivity contribution in [2.24, 2.45) is 0 Å². The van der Waals surface area contributed by atoms with Crippen molar-refractivity contribution in [1.29, 1.82) is 0 Å². The number of amides is 1. The van der Waals surface area contributed by atoms with Crippen molar-refractivity contribution in [3.05, 3.63) is 48.6 Å². The maximum atomic E-state index is 11.3. The van der Waals surface area contributed by atoms with Gasteiger partial charge in [0, 0.05) is 0 Å².